The third-order valence-electron chi connectivity index (χ3n) is 5.09. The molecule has 2 aromatic carbocycles. The summed E-state index contributed by atoms with van der Waals surface area (Å²) in [5, 5.41) is 14.9. The lowest BCUT2D eigenvalue weighted by Gasteiger charge is -2.13. The van der Waals surface area contributed by atoms with Crippen molar-refractivity contribution in [3.05, 3.63) is 77.5 Å². The van der Waals surface area contributed by atoms with Gasteiger partial charge in [-0.2, -0.15) is 17.6 Å². The molecule has 0 aliphatic carbocycles. The van der Waals surface area contributed by atoms with E-state index < -0.39 is 17.7 Å². The number of alkyl halides is 3. The maximum absolute atomic E-state index is 13.5. The zero-order chi connectivity index (χ0) is 23.6. The van der Waals surface area contributed by atoms with E-state index in [4.69, 9.17) is 5.73 Å². The molecule has 0 saturated heterocycles. The molecule has 0 bridgehead atoms. The lowest BCUT2D eigenvalue weighted by Crippen LogP contribution is -2.31. The van der Waals surface area contributed by atoms with E-state index in [0.717, 1.165) is 28.0 Å². The van der Waals surface area contributed by atoms with E-state index in [2.05, 4.69) is 15.3 Å². The first kappa shape index (κ1) is 23.1. The second-order valence-electron chi connectivity index (χ2n) is 7.56. The summed E-state index contributed by atoms with van der Waals surface area (Å²) in [6.45, 7) is 0.0707. The van der Waals surface area contributed by atoms with Crippen molar-refractivity contribution in [2.24, 2.45) is 5.73 Å². The normalized spacial score (nSPS) is 12.8. The number of pyridine rings is 1. The standard InChI is InChI=1S/C23H20F4N4OS/c24-20-9-16-8-14(3-4-15(16)10-29-20)21-19(12-32)31-22(33-21)30-11-18(28)7-13-1-5-17(6-2-13)23(25,26)27/h1-6,8-10,18,32H,7,11-12,28H2,(H,30,31). The molecule has 4 N–H and O–H groups in total. The molecular formula is C23H20F4N4OS. The van der Waals surface area contributed by atoms with E-state index in [1.807, 2.05) is 18.2 Å². The van der Waals surface area contributed by atoms with Crippen LogP contribution < -0.4 is 11.1 Å². The Balaban J connectivity index is 1.44. The summed E-state index contributed by atoms with van der Waals surface area (Å²) in [5.41, 5.74) is 7.41. The van der Waals surface area contributed by atoms with Crippen LogP contribution in [0.5, 0.6) is 0 Å². The van der Waals surface area contributed by atoms with Crippen molar-refractivity contribution in [3.8, 4) is 10.4 Å². The number of nitrogens with one attached hydrogen (secondary N) is 1. The number of nitrogens with zero attached hydrogens (tertiary/aromatic N) is 2. The number of halogens is 4. The Morgan fingerprint density at radius 1 is 1.06 bits per heavy atom. The Hall–Kier alpha value is -3.08. The van der Waals surface area contributed by atoms with Crippen LogP contribution in [0.1, 0.15) is 16.8 Å². The molecule has 1 unspecified atom stereocenters. The Morgan fingerprint density at radius 3 is 2.52 bits per heavy atom. The third-order valence-corrected chi connectivity index (χ3v) is 6.20. The summed E-state index contributed by atoms with van der Waals surface area (Å²) in [5.74, 6) is -0.573. The Labute approximate surface area is 190 Å². The van der Waals surface area contributed by atoms with Crippen LogP contribution in [0.2, 0.25) is 0 Å². The monoisotopic (exact) mass is 476 g/mol. The second-order valence-corrected chi connectivity index (χ2v) is 8.56. The molecule has 10 heteroatoms. The van der Waals surface area contributed by atoms with Crippen LogP contribution in [0.25, 0.3) is 21.2 Å². The summed E-state index contributed by atoms with van der Waals surface area (Å²) >= 11 is 1.33. The number of rotatable bonds is 7. The molecule has 5 nitrogen and oxygen atoms in total. The van der Waals surface area contributed by atoms with E-state index in [1.54, 1.807) is 0 Å². The highest BCUT2D eigenvalue weighted by Crippen LogP contribution is 2.35. The molecule has 0 aliphatic heterocycles. The molecule has 33 heavy (non-hydrogen) atoms. The van der Waals surface area contributed by atoms with Crippen molar-refractivity contribution in [3.63, 3.8) is 0 Å². The van der Waals surface area contributed by atoms with Gasteiger partial charge in [-0.1, -0.05) is 35.6 Å². The van der Waals surface area contributed by atoms with Crippen LogP contribution in [0, 0.1) is 5.95 Å². The number of aromatic nitrogens is 2. The molecule has 0 saturated carbocycles. The Bertz CT molecular complexity index is 1260. The minimum atomic E-state index is -4.37. The zero-order valence-corrected chi connectivity index (χ0v) is 18.1. The van der Waals surface area contributed by atoms with Gasteiger partial charge in [0.2, 0.25) is 5.95 Å². The summed E-state index contributed by atoms with van der Waals surface area (Å²) in [7, 11) is 0. The smallest absolute Gasteiger partial charge is 0.390 e. The van der Waals surface area contributed by atoms with Crippen LogP contribution in [0.4, 0.5) is 22.7 Å². The van der Waals surface area contributed by atoms with Gasteiger partial charge in [0.1, 0.15) is 0 Å². The van der Waals surface area contributed by atoms with Crippen molar-refractivity contribution < 1.29 is 22.7 Å². The zero-order valence-electron chi connectivity index (χ0n) is 17.2. The number of hydrogen-bond acceptors (Lipinski definition) is 6. The topological polar surface area (TPSA) is 84.1 Å². The molecule has 0 spiro atoms. The minimum absolute atomic E-state index is 0.270. The largest absolute Gasteiger partial charge is 0.416 e. The predicted octanol–water partition coefficient (Wildman–Crippen LogP) is 4.99. The van der Waals surface area contributed by atoms with Crippen LogP contribution in [0.15, 0.2) is 54.7 Å². The Morgan fingerprint density at radius 2 is 1.82 bits per heavy atom. The summed E-state index contributed by atoms with van der Waals surface area (Å²) < 4.78 is 51.6. The predicted molar refractivity (Wildman–Crippen MR) is 120 cm³/mol. The second kappa shape index (κ2) is 9.42. The van der Waals surface area contributed by atoms with E-state index >= 15 is 0 Å². The maximum atomic E-state index is 13.5. The van der Waals surface area contributed by atoms with E-state index in [9.17, 15) is 22.7 Å². The highest BCUT2D eigenvalue weighted by molar-refractivity contribution is 7.19. The van der Waals surface area contributed by atoms with Crippen molar-refractivity contribution in [2.45, 2.75) is 25.2 Å². The van der Waals surface area contributed by atoms with Crippen molar-refractivity contribution in [1.29, 1.82) is 0 Å². The number of fused-ring (bicyclic) bond motifs is 1. The van der Waals surface area contributed by atoms with Gasteiger partial charge in [0, 0.05) is 30.2 Å². The van der Waals surface area contributed by atoms with Gasteiger partial charge in [-0.05, 0) is 41.1 Å². The van der Waals surface area contributed by atoms with Gasteiger partial charge in [0.25, 0.3) is 0 Å². The fourth-order valence-electron chi connectivity index (χ4n) is 3.44. The molecule has 0 radical (unpaired) electrons. The van der Waals surface area contributed by atoms with Gasteiger partial charge < -0.3 is 16.2 Å². The fraction of sp³-hybridized carbons (Fsp3) is 0.217. The van der Waals surface area contributed by atoms with Gasteiger partial charge in [-0.25, -0.2) is 9.97 Å². The van der Waals surface area contributed by atoms with Gasteiger partial charge >= 0.3 is 6.18 Å². The molecule has 172 valence electrons. The minimum Gasteiger partial charge on any atom is -0.390 e. The number of hydrogen-bond donors (Lipinski definition) is 3. The molecule has 4 rings (SSSR count). The average Bonchev–Trinajstić information content (AvgIpc) is 3.20. The average molecular weight is 476 g/mol. The molecule has 0 fully saturated rings. The molecule has 0 amide bonds. The lowest BCUT2D eigenvalue weighted by atomic mass is 10.0. The first-order valence-corrected chi connectivity index (χ1v) is 10.9. The highest BCUT2D eigenvalue weighted by Gasteiger charge is 2.30. The number of anilines is 1. The lowest BCUT2D eigenvalue weighted by molar-refractivity contribution is -0.137. The quantitative estimate of drug-likeness (QED) is 0.259. The maximum Gasteiger partial charge on any atom is 0.416 e. The summed E-state index contributed by atoms with van der Waals surface area (Å²) in [4.78, 5) is 8.80. The van der Waals surface area contributed by atoms with Gasteiger partial charge in [-0.3, -0.25) is 0 Å². The molecular weight excluding hydrogens is 456 g/mol. The Kier molecular flexibility index (Phi) is 6.59. The fourth-order valence-corrected chi connectivity index (χ4v) is 4.42. The van der Waals surface area contributed by atoms with Crippen molar-refractivity contribution >= 4 is 27.2 Å². The highest BCUT2D eigenvalue weighted by atomic mass is 32.1. The number of aliphatic hydroxyl groups excluding tert-OH is 1. The number of aliphatic hydroxyl groups is 1. The molecule has 1 atom stereocenters. The van der Waals surface area contributed by atoms with Crippen LogP contribution in [0.3, 0.4) is 0 Å². The number of benzene rings is 2. The molecule has 4 aromatic rings. The van der Waals surface area contributed by atoms with Crippen molar-refractivity contribution in [2.75, 3.05) is 11.9 Å². The first-order chi connectivity index (χ1) is 15.7. The van der Waals surface area contributed by atoms with E-state index in [-0.39, 0.29) is 12.6 Å². The number of nitrogens with two attached hydrogens (primary N) is 1. The van der Waals surface area contributed by atoms with Crippen LogP contribution >= 0.6 is 11.3 Å². The first-order valence-electron chi connectivity index (χ1n) is 10.0. The van der Waals surface area contributed by atoms with Crippen molar-refractivity contribution in [1.82, 2.24) is 9.97 Å². The van der Waals surface area contributed by atoms with E-state index in [1.165, 1.54) is 35.7 Å². The van der Waals surface area contributed by atoms with Crippen LogP contribution in [-0.2, 0) is 19.2 Å². The third kappa shape index (κ3) is 5.47. The van der Waals surface area contributed by atoms with Gasteiger partial charge in [0.15, 0.2) is 5.13 Å². The van der Waals surface area contributed by atoms with Crippen LogP contribution in [-0.4, -0.2) is 27.7 Å². The summed E-state index contributed by atoms with van der Waals surface area (Å²) in [6.07, 6.45) is -2.52. The van der Waals surface area contributed by atoms with E-state index in [0.29, 0.717) is 34.7 Å². The number of thiazole rings is 1. The SMILES string of the molecule is NC(CNc1nc(CO)c(-c2ccc3cnc(F)cc3c2)s1)Cc1ccc(C(F)(F)F)cc1. The molecule has 2 heterocycles. The van der Waals surface area contributed by atoms with Gasteiger partial charge in [-0.15, -0.1) is 0 Å². The molecule has 0 aliphatic rings. The molecule has 2 aromatic heterocycles. The summed E-state index contributed by atoms with van der Waals surface area (Å²) in [6, 6.07) is 11.4. The van der Waals surface area contributed by atoms with Gasteiger partial charge in [0.05, 0.1) is 22.7 Å².